The maximum atomic E-state index is 5.66. The molecule has 0 atom stereocenters. The lowest BCUT2D eigenvalue weighted by molar-refractivity contribution is 0.894. The first-order chi connectivity index (χ1) is 7.81. The van der Waals surface area contributed by atoms with Gasteiger partial charge in [-0.2, -0.15) is 0 Å². The molecule has 0 spiro atoms. The highest BCUT2D eigenvalue weighted by Gasteiger charge is 2.09. The molecule has 0 fully saturated rings. The molecule has 0 saturated carbocycles. The fourth-order valence-electron chi connectivity index (χ4n) is 1.88. The highest BCUT2D eigenvalue weighted by atomic mass is 79.9. The minimum Gasteiger partial charge on any atom is -0.324 e. The van der Waals surface area contributed by atoms with Crippen molar-refractivity contribution in [1.82, 2.24) is 14.6 Å². The minimum atomic E-state index is 0.377. The summed E-state index contributed by atoms with van der Waals surface area (Å²) in [6.45, 7) is 0.377. The van der Waals surface area contributed by atoms with E-state index in [1.807, 2.05) is 28.7 Å². The quantitative estimate of drug-likeness (QED) is 0.741. The van der Waals surface area contributed by atoms with E-state index in [1.54, 1.807) is 0 Å². The zero-order chi connectivity index (χ0) is 11.1. The average Bonchev–Trinajstić information content (AvgIpc) is 2.72. The van der Waals surface area contributed by atoms with Crippen LogP contribution in [0, 0.1) is 0 Å². The second-order valence-electron chi connectivity index (χ2n) is 3.52. The first-order valence-electron chi connectivity index (χ1n) is 4.92. The topological polar surface area (TPSA) is 56.2 Å². The standard InChI is InChI=1S/C11H9BrN4/c12-8-3-1-2-7-4-5-9-14-15-10(6-13)16(9)11(7)8/h1-5H,6,13H2. The molecule has 16 heavy (non-hydrogen) atoms. The molecule has 80 valence electrons. The smallest absolute Gasteiger partial charge is 0.161 e. The Hall–Kier alpha value is -1.46. The van der Waals surface area contributed by atoms with Gasteiger partial charge in [-0.1, -0.05) is 12.1 Å². The number of hydrogen-bond donors (Lipinski definition) is 1. The number of nitrogens with two attached hydrogens (primary N) is 1. The Morgan fingerprint density at radius 2 is 2.06 bits per heavy atom. The Morgan fingerprint density at radius 1 is 1.19 bits per heavy atom. The molecule has 5 heteroatoms. The first kappa shape index (κ1) is 9.74. The van der Waals surface area contributed by atoms with Crippen molar-refractivity contribution in [3.63, 3.8) is 0 Å². The van der Waals surface area contributed by atoms with Crippen molar-refractivity contribution in [2.24, 2.45) is 5.73 Å². The van der Waals surface area contributed by atoms with Crippen LogP contribution in [-0.2, 0) is 6.54 Å². The number of halogens is 1. The van der Waals surface area contributed by atoms with Crippen LogP contribution in [0.5, 0.6) is 0 Å². The number of hydrogen-bond acceptors (Lipinski definition) is 3. The zero-order valence-electron chi connectivity index (χ0n) is 8.39. The number of rotatable bonds is 1. The van der Waals surface area contributed by atoms with Crippen molar-refractivity contribution in [1.29, 1.82) is 0 Å². The third-order valence-corrected chi connectivity index (χ3v) is 3.23. The van der Waals surface area contributed by atoms with Crippen molar-refractivity contribution in [2.45, 2.75) is 6.54 Å². The number of aromatic nitrogens is 3. The SMILES string of the molecule is NCc1nnc2ccc3cccc(Br)c3n12. The number of fused-ring (bicyclic) bond motifs is 3. The van der Waals surface area contributed by atoms with Crippen molar-refractivity contribution in [3.8, 4) is 0 Å². The van der Waals surface area contributed by atoms with Crippen LogP contribution in [0.2, 0.25) is 0 Å². The Labute approximate surface area is 100 Å². The molecule has 2 N–H and O–H groups in total. The molecule has 0 bridgehead atoms. The minimum absolute atomic E-state index is 0.377. The fourth-order valence-corrected chi connectivity index (χ4v) is 2.44. The van der Waals surface area contributed by atoms with Crippen LogP contribution < -0.4 is 5.73 Å². The van der Waals surface area contributed by atoms with Crippen molar-refractivity contribution in [3.05, 3.63) is 40.6 Å². The maximum absolute atomic E-state index is 5.66. The summed E-state index contributed by atoms with van der Waals surface area (Å²) in [5.41, 5.74) is 7.54. The molecule has 3 aromatic rings. The van der Waals surface area contributed by atoms with E-state index in [0.29, 0.717) is 6.54 Å². The summed E-state index contributed by atoms with van der Waals surface area (Å²) in [4.78, 5) is 0. The molecule has 0 aliphatic carbocycles. The number of para-hydroxylation sites is 1. The summed E-state index contributed by atoms with van der Waals surface area (Å²) >= 11 is 3.55. The number of nitrogens with zero attached hydrogens (tertiary/aromatic N) is 3. The van der Waals surface area contributed by atoms with Gasteiger partial charge in [0.1, 0.15) is 0 Å². The molecule has 0 amide bonds. The van der Waals surface area contributed by atoms with E-state index in [4.69, 9.17) is 5.73 Å². The van der Waals surface area contributed by atoms with E-state index in [9.17, 15) is 0 Å². The summed E-state index contributed by atoms with van der Waals surface area (Å²) in [6.07, 6.45) is 0. The van der Waals surface area contributed by atoms with E-state index in [0.717, 1.165) is 26.8 Å². The lowest BCUT2D eigenvalue weighted by Gasteiger charge is -2.05. The molecule has 3 rings (SSSR count). The molecule has 4 nitrogen and oxygen atoms in total. The second kappa shape index (κ2) is 3.54. The summed E-state index contributed by atoms with van der Waals surface area (Å²) < 4.78 is 3.00. The molecule has 2 heterocycles. The summed E-state index contributed by atoms with van der Waals surface area (Å²) in [5.74, 6) is 0.771. The third kappa shape index (κ3) is 1.25. The molecule has 0 aliphatic rings. The van der Waals surface area contributed by atoms with Gasteiger partial charge in [0.25, 0.3) is 0 Å². The molecule has 0 radical (unpaired) electrons. The highest BCUT2D eigenvalue weighted by molar-refractivity contribution is 9.10. The normalized spacial score (nSPS) is 11.4. The van der Waals surface area contributed by atoms with Crippen LogP contribution in [0.4, 0.5) is 0 Å². The summed E-state index contributed by atoms with van der Waals surface area (Å²) in [5, 5.41) is 9.30. The predicted octanol–water partition coefficient (Wildman–Crippen LogP) is 2.10. The Morgan fingerprint density at radius 3 is 2.88 bits per heavy atom. The van der Waals surface area contributed by atoms with Crippen LogP contribution in [-0.4, -0.2) is 14.6 Å². The van der Waals surface area contributed by atoms with Gasteiger partial charge in [-0.15, -0.1) is 10.2 Å². The summed E-state index contributed by atoms with van der Waals surface area (Å²) in [7, 11) is 0. The number of pyridine rings is 1. The molecular formula is C11H9BrN4. The zero-order valence-corrected chi connectivity index (χ0v) is 9.98. The van der Waals surface area contributed by atoms with Gasteiger partial charge in [0.2, 0.25) is 0 Å². The lowest BCUT2D eigenvalue weighted by Crippen LogP contribution is -2.03. The van der Waals surface area contributed by atoms with Gasteiger partial charge < -0.3 is 5.73 Å². The van der Waals surface area contributed by atoms with Crippen molar-refractivity contribution < 1.29 is 0 Å². The molecule has 0 unspecified atom stereocenters. The van der Waals surface area contributed by atoms with E-state index in [-0.39, 0.29) is 0 Å². The van der Waals surface area contributed by atoms with Crippen LogP contribution >= 0.6 is 15.9 Å². The monoisotopic (exact) mass is 276 g/mol. The van der Waals surface area contributed by atoms with Gasteiger partial charge in [-0.05, 0) is 39.5 Å². The number of benzene rings is 1. The van der Waals surface area contributed by atoms with Gasteiger partial charge in [-0.3, -0.25) is 4.40 Å². The molecular weight excluding hydrogens is 268 g/mol. The molecule has 0 aliphatic heterocycles. The summed E-state index contributed by atoms with van der Waals surface area (Å²) in [6, 6.07) is 10.0. The van der Waals surface area contributed by atoms with Gasteiger partial charge in [0, 0.05) is 4.47 Å². The van der Waals surface area contributed by atoms with Gasteiger partial charge in [0.15, 0.2) is 11.5 Å². The van der Waals surface area contributed by atoms with Gasteiger partial charge in [-0.25, -0.2) is 0 Å². The fraction of sp³-hybridized carbons (Fsp3) is 0.0909. The highest BCUT2D eigenvalue weighted by Crippen LogP contribution is 2.25. The van der Waals surface area contributed by atoms with E-state index in [2.05, 4.69) is 32.2 Å². The van der Waals surface area contributed by atoms with Gasteiger partial charge in [0.05, 0.1) is 12.1 Å². The van der Waals surface area contributed by atoms with E-state index >= 15 is 0 Å². The largest absolute Gasteiger partial charge is 0.324 e. The molecule has 1 aromatic carbocycles. The van der Waals surface area contributed by atoms with E-state index in [1.165, 1.54) is 0 Å². The Balaban J connectivity index is 2.60. The lowest BCUT2D eigenvalue weighted by atomic mass is 10.2. The Bertz CT molecular complexity index is 674. The van der Waals surface area contributed by atoms with Crippen LogP contribution in [0.1, 0.15) is 5.82 Å². The van der Waals surface area contributed by atoms with Crippen molar-refractivity contribution in [2.75, 3.05) is 0 Å². The van der Waals surface area contributed by atoms with Crippen molar-refractivity contribution >= 4 is 32.5 Å². The Kier molecular flexibility index (Phi) is 2.15. The van der Waals surface area contributed by atoms with Crippen LogP contribution in [0.3, 0.4) is 0 Å². The third-order valence-electron chi connectivity index (χ3n) is 2.59. The molecule has 0 saturated heterocycles. The van der Waals surface area contributed by atoms with Crippen LogP contribution in [0.25, 0.3) is 16.6 Å². The predicted molar refractivity (Wildman–Crippen MR) is 66.1 cm³/mol. The molecule has 2 aromatic heterocycles. The van der Waals surface area contributed by atoms with Gasteiger partial charge >= 0.3 is 0 Å². The second-order valence-corrected chi connectivity index (χ2v) is 4.38. The maximum Gasteiger partial charge on any atom is 0.161 e. The van der Waals surface area contributed by atoms with E-state index < -0.39 is 0 Å². The van der Waals surface area contributed by atoms with Crippen LogP contribution in [0.15, 0.2) is 34.8 Å². The first-order valence-corrected chi connectivity index (χ1v) is 5.72. The average molecular weight is 277 g/mol.